The van der Waals surface area contributed by atoms with Crippen LogP contribution in [-0.4, -0.2) is 24.5 Å². The molecular formula is C7H14N2O3. The van der Waals surface area contributed by atoms with Gasteiger partial charge in [-0.05, 0) is 5.92 Å². The lowest BCUT2D eigenvalue weighted by Crippen LogP contribution is -2.62. The van der Waals surface area contributed by atoms with E-state index in [9.17, 15) is 9.59 Å². The molecule has 5 heteroatoms. The van der Waals surface area contributed by atoms with Gasteiger partial charge in [0.1, 0.15) is 0 Å². The van der Waals surface area contributed by atoms with E-state index in [-0.39, 0.29) is 5.92 Å². The van der Waals surface area contributed by atoms with Crippen molar-refractivity contribution in [2.75, 3.05) is 7.11 Å². The van der Waals surface area contributed by atoms with E-state index < -0.39 is 17.4 Å². The summed E-state index contributed by atoms with van der Waals surface area (Å²) in [5, 5.41) is 0. The predicted molar refractivity (Wildman–Crippen MR) is 43.0 cm³/mol. The monoisotopic (exact) mass is 174 g/mol. The Balaban J connectivity index is 4.87. The Hall–Kier alpha value is -1.10. The van der Waals surface area contributed by atoms with Crippen molar-refractivity contribution in [2.24, 2.45) is 17.4 Å². The molecule has 0 radical (unpaired) electrons. The molecule has 0 aliphatic carbocycles. The van der Waals surface area contributed by atoms with Gasteiger partial charge in [0.25, 0.3) is 0 Å². The van der Waals surface area contributed by atoms with Gasteiger partial charge in [-0.2, -0.15) is 0 Å². The van der Waals surface area contributed by atoms with E-state index in [1.807, 2.05) is 0 Å². The van der Waals surface area contributed by atoms with Crippen LogP contribution in [0.15, 0.2) is 0 Å². The summed E-state index contributed by atoms with van der Waals surface area (Å²) in [6.45, 7) is 3.25. The van der Waals surface area contributed by atoms with Gasteiger partial charge in [0.2, 0.25) is 5.91 Å². The maximum absolute atomic E-state index is 11.1. The van der Waals surface area contributed by atoms with Gasteiger partial charge in [-0.3, -0.25) is 4.79 Å². The zero-order valence-corrected chi connectivity index (χ0v) is 7.46. The molecule has 5 nitrogen and oxygen atoms in total. The van der Waals surface area contributed by atoms with Crippen molar-refractivity contribution in [1.82, 2.24) is 0 Å². The minimum Gasteiger partial charge on any atom is -0.467 e. The first kappa shape index (κ1) is 10.9. The summed E-state index contributed by atoms with van der Waals surface area (Å²) in [5.41, 5.74) is 8.76. The third-order valence-corrected chi connectivity index (χ3v) is 1.84. The Morgan fingerprint density at radius 2 is 1.83 bits per heavy atom. The highest BCUT2D eigenvalue weighted by atomic mass is 16.5. The van der Waals surface area contributed by atoms with Gasteiger partial charge >= 0.3 is 5.97 Å². The van der Waals surface area contributed by atoms with E-state index in [1.165, 1.54) is 0 Å². The molecule has 0 saturated carbocycles. The highest BCUT2D eigenvalue weighted by molar-refractivity contribution is 6.06. The zero-order chi connectivity index (χ0) is 9.94. The number of primary amides is 1. The van der Waals surface area contributed by atoms with Crippen LogP contribution in [0.3, 0.4) is 0 Å². The van der Waals surface area contributed by atoms with E-state index in [0.29, 0.717) is 0 Å². The molecule has 0 heterocycles. The lowest BCUT2D eigenvalue weighted by Gasteiger charge is -2.26. The predicted octanol–water partition coefficient (Wildman–Crippen LogP) is -1.00. The summed E-state index contributed by atoms with van der Waals surface area (Å²) < 4.78 is 4.37. The third kappa shape index (κ3) is 1.55. The SMILES string of the molecule is COC(=O)[C@@](N)(C(N)=O)C(C)C. The van der Waals surface area contributed by atoms with Gasteiger partial charge in [-0.15, -0.1) is 0 Å². The first-order valence-corrected chi connectivity index (χ1v) is 3.54. The van der Waals surface area contributed by atoms with Crippen LogP contribution in [0.4, 0.5) is 0 Å². The standard InChI is InChI=1S/C7H14N2O3/c1-4(2)7(9,5(8)10)6(11)12-3/h4H,9H2,1-3H3,(H2,8,10)/t7-/m0/s1. The Morgan fingerprint density at radius 3 is 1.92 bits per heavy atom. The van der Waals surface area contributed by atoms with E-state index in [1.54, 1.807) is 13.8 Å². The van der Waals surface area contributed by atoms with Crippen LogP contribution in [0.1, 0.15) is 13.8 Å². The van der Waals surface area contributed by atoms with Gasteiger partial charge in [-0.25, -0.2) is 4.79 Å². The minimum absolute atomic E-state index is 0.387. The van der Waals surface area contributed by atoms with Crippen LogP contribution in [-0.2, 0) is 14.3 Å². The first-order chi connectivity index (χ1) is 5.37. The molecule has 0 aromatic heterocycles. The van der Waals surface area contributed by atoms with Crippen LogP contribution >= 0.6 is 0 Å². The van der Waals surface area contributed by atoms with Crippen molar-refractivity contribution in [1.29, 1.82) is 0 Å². The average Bonchev–Trinajstić information content (AvgIpc) is 2.00. The van der Waals surface area contributed by atoms with Gasteiger partial charge in [-0.1, -0.05) is 13.8 Å². The molecule has 0 unspecified atom stereocenters. The second kappa shape index (κ2) is 3.53. The molecule has 0 spiro atoms. The number of nitrogens with two attached hydrogens (primary N) is 2. The van der Waals surface area contributed by atoms with Gasteiger partial charge < -0.3 is 16.2 Å². The molecular weight excluding hydrogens is 160 g/mol. The van der Waals surface area contributed by atoms with Crippen molar-refractivity contribution in [3.63, 3.8) is 0 Å². The average molecular weight is 174 g/mol. The molecule has 0 bridgehead atoms. The Morgan fingerprint density at radius 1 is 1.42 bits per heavy atom. The lowest BCUT2D eigenvalue weighted by atomic mass is 9.87. The highest BCUT2D eigenvalue weighted by Crippen LogP contribution is 2.14. The summed E-state index contributed by atoms with van der Waals surface area (Å²) in [4.78, 5) is 21.9. The third-order valence-electron chi connectivity index (χ3n) is 1.84. The van der Waals surface area contributed by atoms with Crippen LogP contribution in [0.5, 0.6) is 0 Å². The largest absolute Gasteiger partial charge is 0.467 e. The van der Waals surface area contributed by atoms with E-state index in [4.69, 9.17) is 11.5 Å². The number of methoxy groups -OCH3 is 1. The maximum Gasteiger partial charge on any atom is 0.335 e. The van der Waals surface area contributed by atoms with Crippen molar-refractivity contribution < 1.29 is 14.3 Å². The molecule has 1 atom stereocenters. The number of ether oxygens (including phenoxy) is 1. The van der Waals surface area contributed by atoms with Crippen molar-refractivity contribution >= 4 is 11.9 Å². The summed E-state index contributed by atoms with van der Waals surface area (Å²) >= 11 is 0. The minimum atomic E-state index is -1.71. The summed E-state index contributed by atoms with van der Waals surface area (Å²) in [6, 6.07) is 0. The molecule has 12 heavy (non-hydrogen) atoms. The molecule has 0 aromatic carbocycles. The molecule has 0 saturated heterocycles. The number of carbonyl (C=O) groups is 2. The van der Waals surface area contributed by atoms with E-state index >= 15 is 0 Å². The zero-order valence-electron chi connectivity index (χ0n) is 7.46. The maximum atomic E-state index is 11.1. The van der Waals surface area contributed by atoms with Gasteiger partial charge in [0, 0.05) is 0 Å². The Kier molecular flexibility index (Phi) is 3.21. The molecule has 0 rings (SSSR count). The smallest absolute Gasteiger partial charge is 0.335 e. The van der Waals surface area contributed by atoms with Gasteiger partial charge in [0.15, 0.2) is 5.54 Å². The number of hydrogen-bond donors (Lipinski definition) is 2. The fourth-order valence-corrected chi connectivity index (χ4v) is 0.790. The summed E-state index contributed by atoms with van der Waals surface area (Å²) in [6.07, 6.45) is 0. The fourth-order valence-electron chi connectivity index (χ4n) is 0.790. The molecule has 0 fully saturated rings. The van der Waals surface area contributed by atoms with Crippen LogP contribution in [0, 0.1) is 5.92 Å². The van der Waals surface area contributed by atoms with Crippen molar-refractivity contribution in [2.45, 2.75) is 19.4 Å². The second-order valence-electron chi connectivity index (χ2n) is 2.88. The lowest BCUT2D eigenvalue weighted by molar-refractivity contribution is -0.153. The number of carbonyl (C=O) groups excluding carboxylic acids is 2. The van der Waals surface area contributed by atoms with Gasteiger partial charge in [0.05, 0.1) is 7.11 Å². The molecule has 0 aromatic rings. The first-order valence-electron chi connectivity index (χ1n) is 3.54. The number of hydrogen-bond acceptors (Lipinski definition) is 4. The van der Waals surface area contributed by atoms with Crippen LogP contribution in [0.25, 0.3) is 0 Å². The highest BCUT2D eigenvalue weighted by Gasteiger charge is 2.44. The second-order valence-corrected chi connectivity index (χ2v) is 2.88. The number of rotatable bonds is 3. The summed E-state index contributed by atoms with van der Waals surface area (Å²) in [7, 11) is 1.16. The van der Waals surface area contributed by atoms with Crippen LogP contribution < -0.4 is 11.5 Å². The van der Waals surface area contributed by atoms with Crippen molar-refractivity contribution in [3.05, 3.63) is 0 Å². The quantitative estimate of drug-likeness (QED) is 0.423. The number of esters is 1. The summed E-state index contributed by atoms with van der Waals surface area (Å²) in [5.74, 6) is -2.06. The van der Waals surface area contributed by atoms with E-state index in [2.05, 4.69) is 4.74 Å². The van der Waals surface area contributed by atoms with Crippen molar-refractivity contribution in [3.8, 4) is 0 Å². The molecule has 70 valence electrons. The molecule has 0 aliphatic rings. The van der Waals surface area contributed by atoms with Crippen LogP contribution in [0.2, 0.25) is 0 Å². The topological polar surface area (TPSA) is 95.4 Å². The number of amides is 1. The fraction of sp³-hybridized carbons (Fsp3) is 0.714. The Bertz CT molecular complexity index is 203. The molecule has 1 amide bonds. The molecule has 4 N–H and O–H groups in total. The Labute approximate surface area is 71.0 Å². The normalized spacial score (nSPS) is 15.4. The molecule has 0 aliphatic heterocycles. The van der Waals surface area contributed by atoms with E-state index in [0.717, 1.165) is 7.11 Å².